The summed E-state index contributed by atoms with van der Waals surface area (Å²) >= 11 is 0. The molecule has 0 aliphatic heterocycles. The molecule has 2 rings (SSSR count). The second-order valence-corrected chi connectivity index (χ2v) is 5.99. The van der Waals surface area contributed by atoms with Crippen molar-refractivity contribution in [2.75, 3.05) is 6.61 Å². The fraction of sp³-hybridized carbons (Fsp3) is 0.368. The van der Waals surface area contributed by atoms with Crippen molar-refractivity contribution >= 4 is 0 Å². The molecule has 0 amide bonds. The predicted molar refractivity (Wildman–Crippen MR) is 88.9 cm³/mol. The minimum Gasteiger partial charge on any atom is -0.492 e. The van der Waals surface area contributed by atoms with Gasteiger partial charge in [-0.15, -0.1) is 0 Å². The Morgan fingerprint density at radius 1 is 0.952 bits per heavy atom. The monoisotopic (exact) mass is 283 g/mol. The van der Waals surface area contributed by atoms with Crippen molar-refractivity contribution in [3.05, 3.63) is 64.7 Å². The first-order valence-electron chi connectivity index (χ1n) is 7.53. The van der Waals surface area contributed by atoms with Crippen LogP contribution in [0.1, 0.15) is 48.1 Å². The van der Waals surface area contributed by atoms with Crippen LogP contribution in [0.4, 0.5) is 0 Å². The highest BCUT2D eigenvalue weighted by molar-refractivity contribution is 5.33. The molecule has 0 saturated carbocycles. The summed E-state index contributed by atoms with van der Waals surface area (Å²) < 4.78 is 5.86. The van der Waals surface area contributed by atoms with Gasteiger partial charge in [-0.25, -0.2) is 0 Å². The van der Waals surface area contributed by atoms with Crippen LogP contribution in [0, 0.1) is 13.8 Å². The van der Waals surface area contributed by atoms with Crippen LogP contribution in [0.3, 0.4) is 0 Å². The van der Waals surface area contributed by atoms with Gasteiger partial charge in [-0.2, -0.15) is 0 Å². The number of benzene rings is 2. The van der Waals surface area contributed by atoms with E-state index in [2.05, 4.69) is 58.0 Å². The summed E-state index contributed by atoms with van der Waals surface area (Å²) in [5.41, 5.74) is 11.2. The number of hydrogen-bond acceptors (Lipinski definition) is 2. The van der Waals surface area contributed by atoms with E-state index in [9.17, 15) is 0 Å². The molecule has 0 bridgehead atoms. The lowest BCUT2D eigenvalue weighted by Gasteiger charge is -2.16. The van der Waals surface area contributed by atoms with Gasteiger partial charge in [0.15, 0.2) is 0 Å². The normalized spacial score (nSPS) is 12.5. The number of ether oxygens (including phenoxy) is 1. The number of aryl methyl sites for hydroxylation is 2. The van der Waals surface area contributed by atoms with E-state index in [1.54, 1.807) is 0 Å². The average molecular weight is 283 g/mol. The summed E-state index contributed by atoms with van der Waals surface area (Å²) in [7, 11) is 0. The van der Waals surface area contributed by atoms with Crippen LogP contribution < -0.4 is 10.5 Å². The van der Waals surface area contributed by atoms with Crippen molar-refractivity contribution in [1.29, 1.82) is 0 Å². The minimum absolute atomic E-state index is 0.105. The van der Waals surface area contributed by atoms with Crippen LogP contribution in [0.2, 0.25) is 0 Å². The minimum atomic E-state index is -0.105. The van der Waals surface area contributed by atoms with Gasteiger partial charge in [0.05, 0.1) is 6.04 Å². The van der Waals surface area contributed by atoms with Crippen LogP contribution in [0.5, 0.6) is 5.75 Å². The molecule has 21 heavy (non-hydrogen) atoms. The maximum atomic E-state index is 6.23. The van der Waals surface area contributed by atoms with Crippen molar-refractivity contribution in [3.63, 3.8) is 0 Å². The fourth-order valence-electron chi connectivity index (χ4n) is 2.24. The van der Waals surface area contributed by atoms with Gasteiger partial charge < -0.3 is 10.5 Å². The first-order valence-corrected chi connectivity index (χ1v) is 7.53. The lowest BCUT2D eigenvalue weighted by molar-refractivity contribution is 0.290. The smallest absolute Gasteiger partial charge is 0.119 e. The van der Waals surface area contributed by atoms with Crippen molar-refractivity contribution in [2.24, 2.45) is 5.73 Å². The van der Waals surface area contributed by atoms with E-state index in [1.165, 1.54) is 16.7 Å². The zero-order chi connectivity index (χ0) is 15.4. The van der Waals surface area contributed by atoms with Gasteiger partial charge in [-0.05, 0) is 54.2 Å². The summed E-state index contributed by atoms with van der Waals surface area (Å²) in [6.45, 7) is 9.07. The zero-order valence-corrected chi connectivity index (χ0v) is 13.4. The number of rotatable bonds is 5. The van der Waals surface area contributed by atoms with E-state index >= 15 is 0 Å². The predicted octanol–water partition coefficient (Wildman–Crippen LogP) is 4.51. The topological polar surface area (TPSA) is 35.2 Å². The molecule has 0 saturated heterocycles. The number of nitrogens with two attached hydrogens (primary N) is 1. The lowest BCUT2D eigenvalue weighted by atomic mass is 10.0. The SMILES string of the molecule is Cc1ccc(C(N)COc2cccc(C(C)C)c2)cc1C. The van der Waals surface area contributed by atoms with E-state index in [0.29, 0.717) is 12.5 Å². The molecular formula is C19H25NO. The lowest BCUT2D eigenvalue weighted by Crippen LogP contribution is -2.19. The van der Waals surface area contributed by atoms with E-state index in [4.69, 9.17) is 10.5 Å². The van der Waals surface area contributed by atoms with Crippen LogP contribution in [0.15, 0.2) is 42.5 Å². The summed E-state index contributed by atoms with van der Waals surface area (Å²) in [5.74, 6) is 1.39. The maximum Gasteiger partial charge on any atom is 0.119 e. The standard InChI is InChI=1S/C19H25NO/c1-13(2)16-6-5-7-18(11-16)21-12-19(20)17-9-8-14(3)15(4)10-17/h5-11,13,19H,12,20H2,1-4H3. The van der Waals surface area contributed by atoms with Crippen LogP contribution in [0.25, 0.3) is 0 Å². The molecular weight excluding hydrogens is 258 g/mol. The molecule has 0 spiro atoms. The second-order valence-electron chi connectivity index (χ2n) is 5.99. The second kappa shape index (κ2) is 6.77. The third-order valence-corrected chi connectivity index (χ3v) is 3.91. The van der Waals surface area contributed by atoms with Gasteiger partial charge in [0.25, 0.3) is 0 Å². The molecule has 0 aliphatic carbocycles. The van der Waals surface area contributed by atoms with E-state index in [-0.39, 0.29) is 6.04 Å². The van der Waals surface area contributed by atoms with E-state index in [1.807, 2.05) is 12.1 Å². The Morgan fingerprint density at radius 3 is 2.38 bits per heavy atom. The Kier molecular flexibility index (Phi) is 5.03. The maximum absolute atomic E-state index is 6.23. The molecule has 0 aliphatic rings. The molecule has 1 unspecified atom stereocenters. The van der Waals surface area contributed by atoms with Crippen molar-refractivity contribution in [3.8, 4) is 5.75 Å². The molecule has 0 radical (unpaired) electrons. The summed E-state index contributed by atoms with van der Waals surface area (Å²) in [4.78, 5) is 0. The average Bonchev–Trinajstić information content (AvgIpc) is 2.48. The van der Waals surface area contributed by atoms with Gasteiger partial charge in [0.1, 0.15) is 12.4 Å². The molecule has 2 aromatic rings. The Hall–Kier alpha value is -1.80. The fourth-order valence-corrected chi connectivity index (χ4v) is 2.24. The molecule has 0 fully saturated rings. The first-order chi connectivity index (χ1) is 9.97. The highest BCUT2D eigenvalue weighted by Gasteiger charge is 2.09. The molecule has 0 aromatic heterocycles. The van der Waals surface area contributed by atoms with Crippen LogP contribution in [-0.4, -0.2) is 6.61 Å². The van der Waals surface area contributed by atoms with E-state index in [0.717, 1.165) is 11.3 Å². The zero-order valence-electron chi connectivity index (χ0n) is 13.4. The van der Waals surface area contributed by atoms with Crippen LogP contribution in [-0.2, 0) is 0 Å². The Balaban J connectivity index is 2.02. The largest absolute Gasteiger partial charge is 0.492 e. The van der Waals surface area contributed by atoms with Gasteiger partial charge in [-0.3, -0.25) is 0 Å². The number of hydrogen-bond donors (Lipinski definition) is 1. The summed E-state index contributed by atoms with van der Waals surface area (Å²) in [6.07, 6.45) is 0. The van der Waals surface area contributed by atoms with Gasteiger partial charge >= 0.3 is 0 Å². The Bertz CT molecular complexity index is 604. The molecule has 0 heterocycles. The van der Waals surface area contributed by atoms with Gasteiger partial charge in [-0.1, -0.05) is 44.2 Å². The highest BCUT2D eigenvalue weighted by Crippen LogP contribution is 2.22. The quantitative estimate of drug-likeness (QED) is 0.876. The van der Waals surface area contributed by atoms with Crippen molar-refractivity contribution < 1.29 is 4.74 Å². The molecule has 2 nitrogen and oxygen atoms in total. The van der Waals surface area contributed by atoms with Crippen LogP contribution >= 0.6 is 0 Å². The van der Waals surface area contributed by atoms with Crippen molar-refractivity contribution in [2.45, 2.75) is 39.7 Å². The Labute approximate surface area is 127 Å². The summed E-state index contributed by atoms with van der Waals surface area (Å²) in [5, 5.41) is 0. The molecule has 112 valence electrons. The molecule has 2 N–H and O–H groups in total. The molecule has 2 heteroatoms. The highest BCUT2D eigenvalue weighted by atomic mass is 16.5. The van der Waals surface area contributed by atoms with Gasteiger partial charge in [0.2, 0.25) is 0 Å². The molecule has 1 atom stereocenters. The molecule has 2 aromatic carbocycles. The summed E-state index contributed by atoms with van der Waals surface area (Å²) in [6, 6.07) is 14.5. The van der Waals surface area contributed by atoms with Crippen molar-refractivity contribution in [1.82, 2.24) is 0 Å². The Morgan fingerprint density at radius 2 is 1.71 bits per heavy atom. The van der Waals surface area contributed by atoms with Gasteiger partial charge in [0, 0.05) is 0 Å². The third-order valence-electron chi connectivity index (χ3n) is 3.91. The van der Waals surface area contributed by atoms with E-state index < -0.39 is 0 Å². The first kappa shape index (κ1) is 15.6. The third kappa shape index (κ3) is 4.08.